The number of fused-ring (bicyclic) bond motifs is 3. The molecule has 2 atom stereocenters. The Morgan fingerprint density at radius 1 is 0.889 bits per heavy atom. The van der Waals surface area contributed by atoms with E-state index in [9.17, 15) is 14.4 Å². The Balaban J connectivity index is 1.63. The average Bonchev–Trinajstić information content (AvgIpc) is 2.59. The van der Waals surface area contributed by atoms with E-state index in [-0.39, 0.29) is 17.7 Å². The van der Waals surface area contributed by atoms with Crippen molar-refractivity contribution in [2.24, 2.45) is 16.2 Å². The Hall–Kier alpha value is -2.69. The smallest absolute Gasteiger partial charge is 0.232 e. The van der Waals surface area contributed by atoms with Crippen molar-refractivity contribution in [2.45, 2.75) is 40.0 Å². The summed E-state index contributed by atoms with van der Waals surface area (Å²) in [4.78, 5) is 38.1. The summed E-state index contributed by atoms with van der Waals surface area (Å²) in [5.41, 5.74) is -1.49. The first-order chi connectivity index (χ1) is 12.6. The van der Waals surface area contributed by atoms with Crippen molar-refractivity contribution in [3.63, 3.8) is 0 Å². The molecular weight excluding hydrogens is 340 g/mol. The lowest BCUT2D eigenvalue weighted by molar-refractivity contribution is -0.163. The van der Waals surface area contributed by atoms with Gasteiger partial charge in [0.05, 0.1) is 0 Å². The zero-order valence-electron chi connectivity index (χ0n) is 15.9. The van der Waals surface area contributed by atoms with Crippen LogP contribution in [0.1, 0.15) is 40.0 Å². The lowest BCUT2D eigenvalue weighted by Gasteiger charge is -2.53. The highest BCUT2D eigenvalue weighted by Gasteiger charge is 2.60. The fraction of sp³-hybridized carbons (Fsp3) is 0.409. The Labute approximate surface area is 158 Å². The summed E-state index contributed by atoms with van der Waals surface area (Å²) in [5.74, 6) is -0.679. The van der Waals surface area contributed by atoms with Gasteiger partial charge in [-0.2, -0.15) is 0 Å². The average molecular weight is 364 g/mol. The highest BCUT2D eigenvalue weighted by molar-refractivity contribution is 6.05. The number of anilines is 1. The van der Waals surface area contributed by atoms with Crippen molar-refractivity contribution >= 4 is 34.2 Å². The van der Waals surface area contributed by atoms with Gasteiger partial charge in [-0.3, -0.25) is 19.7 Å². The second-order valence-corrected chi connectivity index (χ2v) is 9.01. The predicted molar refractivity (Wildman–Crippen MR) is 104 cm³/mol. The third kappa shape index (κ3) is 2.82. The molecule has 1 saturated carbocycles. The topological polar surface area (TPSA) is 75.3 Å². The van der Waals surface area contributed by atoms with Crippen LogP contribution in [0, 0.1) is 16.2 Å². The van der Waals surface area contributed by atoms with Gasteiger partial charge >= 0.3 is 0 Å². The van der Waals surface area contributed by atoms with E-state index in [4.69, 9.17) is 0 Å². The van der Waals surface area contributed by atoms with Crippen LogP contribution in [0.15, 0.2) is 42.5 Å². The largest absolute Gasteiger partial charge is 0.326 e. The molecule has 0 radical (unpaired) electrons. The minimum atomic E-state index is -0.791. The Bertz CT molecular complexity index is 954. The van der Waals surface area contributed by atoms with Crippen LogP contribution in [0.4, 0.5) is 5.69 Å². The fourth-order valence-corrected chi connectivity index (χ4v) is 5.21. The van der Waals surface area contributed by atoms with Crippen LogP contribution >= 0.6 is 0 Å². The van der Waals surface area contributed by atoms with Gasteiger partial charge in [0, 0.05) is 21.9 Å². The molecule has 2 N–H and O–H groups in total. The molecular formula is C22H24N2O3. The van der Waals surface area contributed by atoms with E-state index in [1.807, 2.05) is 63.2 Å². The van der Waals surface area contributed by atoms with E-state index in [1.165, 1.54) is 0 Å². The van der Waals surface area contributed by atoms with E-state index in [2.05, 4.69) is 10.6 Å². The van der Waals surface area contributed by atoms with Crippen molar-refractivity contribution in [2.75, 3.05) is 5.32 Å². The second kappa shape index (κ2) is 5.65. The molecule has 0 aromatic heterocycles. The van der Waals surface area contributed by atoms with Crippen molar-refractivity contribution in [3.8, 4) is 0 Å². The molecule has 3 amide bonds. The van der Waals surface area contributed by atoms with Gasteiger partial charge in [-0.1, -0.05) is 51.1 Å². The molecule has 2 bridgehead atoms. The van der Waals surface area contributed by atoms with Crippen LogP contribution in [-0.2, 0) is 14.4 Å². The van der Waals surface area contributed by atoms with Gasteiger partial charge in [-0.05, 0) is 42.2 Å². The van der Waals surface area contributed by atoms with Crippen molar-refractivity contribution in [3.05, 3.63) is 42.5 Å². The van der Waals surface area contributed by atoms with Crippen molar-refractivity contribution in [1.29, 1.82) is 0 Å². The summed E-state index contributed by atoms with van der Waals surface area (Å²) in [7, 11) is 0. The molecule has 1 heterocycles. The molecule has 1 aliphatic carbocycles. The summed E-state index contributed by atoms with van der Waals surface area (Å²) in [5, 5.41) is 7.67. The van der Waals surface area contributed by atoms with Gasteiger partial charge < -0.3 is 5.32 Å². The zero-order chi connectivity index (χ0) is 19.4. The van der Waals surface area contributed by atoms with Crippen LogP contribution < -0.4 is 10.6 Å². The van der Waals surface area contributed by atoms with E-state index in [1.54, 1.807) is 0 Å². The number of hydrogen-bond donors (Lipinski definition) is 2. The van der Waals surface area contributed by atoms with Crippen molar-refractivity contribution < 1.29 is 14.4 Å². The van der Waals surface area contributed by atoms with E-state index >= 15 is 0 Å². The first kappa shape index (κ1) is 17.7. The minimum Gasteiger partial charge on any atom is -0.326 e. The lowest BCUT2D eigenvalue weighted by atomic mass is 9.52. The van der Waals surface area contributed by atoms with E-state index in [0.29, 0.717) is 19.3 Å². The monoisotopic (exact) mass is 364 g/mol. The predicted octanol–water partition coefficient (Wildman–Crippen LogP) is 3.64. The van der Waals surface area contributed by atoms with Gasteiger partial charge in [0.2, 0.25) is 17.7 Å². The summed E-state index contributed by atoms with van der Waals surface area (Å²) >= 11 is 0. The number of rotatable bonds is 2. The quantitative estimate of drug-likeness (QED) is 0.799. The van der Waals surface area contributed by atoms with Gasteiger partial charge in [0.15, 0.2) is 0 Å². The molecule has 1 aliphatic heterocycles. The molecule has 140 valence electrons. The maximum absolute atomic E-state index is 13.2. The third-order valence-electron chi connectivity index (χ3n) is 6.22. The fourth-order valence-electron chi connectivity index (χ4n) is 5.21. The van der Waals surface area contributed by atoms with Gasteiger partial charge in [0.25, 0.3) is 0 Å². The molecule has 2 fully saturated rings. The summed E-state index contributed by atoms with van der Waals surface area (Å²) < 4.78 is 0. The standard InChI is InChI=1S/C22H24N2O3/c1-20(11-21(2)13-22(3,12-20)19(27)24-18(21)26)17(25)23-16-9-8-14-6-4-5-7-15(14)10-16/h4-10H,11-13H2,1-3H3,(H,23,25)(H,24,26,27). The molecule has 2 aromatic rings. The van der Waals surface area contributed by atoms with Crippen LogP contribution in [0.5, 0.6) is 0 Å². The number of carbonyl (C=O) groups is 3. The van der Waals surface area contributed by atoms with E-state index in [0.717, 1.165) is 16.5 Å². The molecule has 5 nitrogen and oxygen atoms in total. The molecule has 4 rings (SSSR count). The third-order valence-corrected chi connectivity index (χ3v) is 6.22. The van der Waals surface area contributed by atoms with Gasteiger partial charge in [-0.15, -0.1) is 0 Å². The number of nitrogens with one attached hydrogen (secondary N) is 2. The number of amides is 3. The summed E-state index contributed by atoms with van der Waals surface area (Å²) in [6.45, 7) is 5.58. The summed E-state index contributed by atoms with van der Waals surface area (Å²) in [6, 6.07) is 13.8. The van der Waals surface area contributed by atoms with Crippen LogP contribution in [0.25, 0.3) is 10.8 Å². The Morgan fingerprint density at radius 2 is 1.48 bits per heavy atom. The van der Waals surface area contributed by atoms with Gasteiger partial charge in [-0.25, -0.2) is 0 Å². The highest BCUT2D eigenvalue weighted by Crippen LogP contribution is 2.56. The lowest BCUT2D eigenvalue weighted by Crippen LogP contribution is -2.63. The minimum absolute atomic E-state index is 0.141. The second-order valence-electron chi connectivity index (χ2n) is 9.01. The number of carbonyl (C=O) groups excluding carboxylic acids is 3. The summed E-state index contributed by atoms with van der Waals surface area (Å²) in [6.07, 6.45) is 1.34. The van der Waals surface area contributed by atoms with Crippen LogP contribution in [0.3, 0.4) is 0 Å². The zero-order valence-corrected chi connectivity index (χ0v) is 15.9. The highest BCUT2D eigenvalue weighted by atomic mass is 16.2. The first-order valence-electron chi connectivity index (χ1n) is 9.30. The number of piperidine rings is 1. The van der Waals surface area contributed by atoms with Crippen LogP contribution in [0.2, 0.25) is 0 Å². The van der Waals surface area contributed by atoms with E-state index < -0.39 is 16.2 Å². The number of imide groups is 1. The molecule has 1 saturated heterocycles. The molecule has 0 spiro atoms. The van der Waals surface area contributed by atoms with Crippen LogP contribution in [-0.4, -0.2) is 17.7 Å². The molecule has 2 aromatic carbocycles. The normalized spacial score (nSPS) is 32.9. The van der Waals surface area contributed by atoms with Gasteiger partial charge in [0.1, 0.15) is 0 Å². The molecule has 27 heavy (non-hydrogen) atoms. The first-order valence-corrected chi connectivity index (χ1v) is 9.30. The maximum Gasteiger partial charge on any atom is 0.232 e. The Morgan fingerprint density at radius 3 is 2.11 bits per heavy atom. The molecule has 2 unspecified atom stereocenters. The number of benzene rings is 2. The molecule has 5 heteroatoms. The van der Waals surface area contributed by atoms with Crippen molar-refractivity contribution in [1.82, 2.24) is 5.32 Å². The maximum atomic E-state index is 13.2. The number of hydrogen-bond acceptors (Lipinski definition) is 3. The molecule has 2 aliphatic rings. The Kier molecular flexibility index (Phi) is 3.71. The SMILES string of the molecule is CC12CC(C)(CC(C)(C(=O)Nc3ccc4ccccc4c3)C1)C(=O)NC2=O.